The van der Waals surface area contributed by atoms with E-state index in [1.807, 2.05) is 42.5 Å². The van der Waals surface area contributed by atoms with Crippen molar-refractivity contribution in [3.8, 4) is 5.75 Å². The van der Waals surface area contributed by atoms with Gasteiger partial charge in [0, 0.05) is 6.20 Å². The fraction of sp³-hybridized carbons (Fsp3) is 0.105. The van der Waals surface area contributed by atoms with Crippen LogP contribution in [0.15, 0.2) is 71.8 Å². The van der Waals surface area contributed by atoms with Crippen LogP contribution in [0, 0.1) is 0 Å². The monoisotopic (exact) mass is 367 g/mol. The number of nitrogens with zero attached hydrogens (tertiary/aromatic N) is 2. The number of fused-ring (bicyclic) bond motifs is 2. The van der Waals surface area contributed by atoms with Gasteiger partial charge < -0.3 is 10.1 Å². The van der Waals surface area contributed by atoms with Gasteiger partial charge in [0.1, 0.15) is 10.6 Å². The summed E-state index contributed by atoms with van der Waals surface area (Å²) in [5.74, 6) is 1.06. The third kappa shape index (κ3) is 2.76. The Balaban J connectivity index is 1.85. The van der Waals surface area contributed by atoms with E-state index in [0.717, 1.165) is 11.3 Å². The zero-order chi connectivity index (χ0) is 18.1. The molecule has 0 atom stereocenters. The van der Waals surface area contributed by atoms with Crippen molar-refractivity contribution in [3.05, 3.63) is 72.4 Å². The van der Waals surface area contributed by atoms with E-state index >= 15 is 0 Å². The van der Waals surface area contributed by atoms with Crippen LogP contribution in [0.3, 0.4) is 0 Å². The van der Waals surface area contributed by atoms with Gasteiger partial charge in [-0.2, -0.15) is 0 Å². The number of sulfonamides is 1. The first-order chi connectivity index (χ1) is 12.6. The molecule has 0 amide bonds. The second-order valence-electron chi connectivity index (χ2n) is 5.85. The van der Waals surface area contributed by atoms with Crippen molar-refractivity contribution in [2.75, 3.05) is 16.7 Å². The summed E-state index contributed by atoms with van der Waals surface area (Å²) in [6, 6.07) is 17.9. The predicted octanol–water partition coefficient (Wildman–Crippen LogP) is 3.54. The highest BCUT2D eigenvalue weighted by Gasteiger charge is 2.32. The van der Waals surface area contributed by atoms with Crippen LogP contribution >= 0.6 is 0 Å². The Hall–Kier alpha value is -3.06. The van der Waals surface area contributed by atoms with Gasteiger partial charge in [0.2, 0.25) is 0 Å². The van der Waals surface area contributed by atoms with Crippen molar-refractivity contribution in [2.24, 2.45) is 0 Å². The van der Waals surface area contributed by atoms with Crippen molar-refractivity contribution in [1.82, 2.24) is 4.98 Å². The number of nitrogens with one attached hydrogen (secondary N) is 1. The summed E-state index contributed by atoms with van der Waals surface area (Å²) in [5.41, 5.74) is 2.14. The van der Waals surface area contributed by atoms with E-state index in [4.69, 9.17) is 4.74 Å². The molecule has 1 N–H and O–H groups in total. The number of methoxy groups -OCH3 is 1. The number of benzene rings is 2. The zero-order valence-corrected chi connectivity index (χ0v) is 14.9. The molecule has 0 fully saturated rings. The molecule has 0 radical (unpaired) electrons. The number of pyridine rings is 1. The van der Waals surface area contributed by atoms with Gasteiger partial charge in [-0.1, -0.05) is 24.3 Å². The Morgan fingerprint density at radius 2 is 1.81 bits per heavy atom. The Morgan fingerprint density at radius 3 is 2.58 bits per heavy atom. The van der Waals surface area contributed by atoms with Crippen molar-refractivity contribution in [1.29, 1.82) is 0 Å². The maximum Gasteiger partial charge on any atom is 0.268 e. The molecule has 0 saturated carbocycles. The van der Waals surface area contributed by atoms with Gasteiger partial charge in [-0.25, -0.2) is 13.4 Å². The van der Waals surface area contributed by atoms with Crippen molar-refractivity contribution in [3.63, 3.8) is 0 Å². The van der Waals surface area contributed by atoms with Crippen LogP contribution in [-0.4, -0.2) is 20.5 Å². The molecule has 3 aromatic rings. The van der Waals surface area contributed by atoms with Crippen LogP contribution < -0.4 is 14.4 Å². The normalized spacial score (nSPS) is 14.6. The molecule has 1 aromatic heterocycles. The first-order valence-electron chi connectivity index (χ1n) is 8.06. The molecule has 132 valence electrons. The lowest BCUT2D eigenvalue weighted by molar-refractivity contribution is 0.414. The zero-order valence-electron chi connectivity index (χ0n) is 14.1. The molecule has 4 rings (SSSR count). The number of hydrogen-bond acceptors (Lipinski definition) is 5. The molecule has 6 nitrogen and oxygen atoms in total. The third-order valence-electron chi connectivity index (χ3n) is 4.25. The van der Waals surface area contributed by atoms with E-state index < -0.39 is 10.0 Å². The molecule has 0 saturated heterocycles. The molecule has 1 aliphatic rings. The summed E-state index contributed by atoms with van der Waals surface area (Å²) >= 11 is 0. The standard InChI is InChI=1S/C19H17N3O3S/c1-25-15-10-8-14(9-11-15)13-22-17-6-3-2-5-16(17)21-19-18(26(22,23)24)7-4-12-20-19/h2-12H,13H2,1H3,(H,20,21). The summed E-state index contributed by atoms with van der Waals surface area (Å²) in [4.78, 5) is 4.36. The van der Waals surface area contributed by atoms with E-state index in [1.165, 1.54) is 4.31 Å². The molecule has 1 aliphatic heterocycles. The quantitative estimate of drug-likeness (QED) is 0.767. The number of para-hydroxylation sites is 2. The smallest absolute Gasteiger partial charge is 0.268 e. The molecular formula is C19H17N3O3S. The molecule has 7 heteroatoms. The lowest BCUT2D eigenvalue weighted by atomic mass is 10.2. The van der Waals surface area contributed by atoms with Gasteiger partial charge in [-0.15, -0.1) is 0 Å². The first kappa shape index (κ1) is 16.4. The summed E-state index contributed by atoms with van der Waals surface area (Å²) in [6.45, 7) is 0.208. The summed E-state index contributed by atoms with van der Waals surface area (Å²) in [7, 11) is -2.17. The van der Waals surface area contributed by atoms with Crippen molar-refractivity contribution >= 4 is 27.2 Å². The minimum atomic E-state index is -3.77. The van der Waals surface area contributed by atoms with Crippen molar-refractivity contribution in [2.45, 2.75) is 11.4 Å². The molecule has 26 heavy (non-hydrogen) atoms. The van der Waals surface area contributed by atoms with Crippen molar-refractivity contribution < 1.29 is 13.2 Å². The van der Waals surface area contributed by atoms with Gasteiger partial charge >= 0.3 is 0 Å². The first-order valence-corrected chi connectivity index (χ1v) is 9.50. The van der Waals surface area contributed by atoms with E-state index in [2.05, 4.69) is 10.3 Å². The minimum Gasteiger partial charge on any atom is -0.497 e. The Bertz CT molecular complexity index is 1050. The second-order valence-corrected chi connectivity index (χ2v) is 7.68. The number of hydrogen-bond donors (Lipinski definition) is 1. The number of anilines is 3. The Labute approximate surface area is 152 Å². The van der Waals surface area contributed by atoms with E-state index in [1.54, 1.807) is 31.5 Å². The summed E-state index contributed by atoms with van der Waals surface area (Å²) in [6.07, 6.45) is 1.57. The fourth-order valence-corrected chi connectivity index (χ4v) is 4.51. The highest BCUT2D eigenvalue weighted by Crippen LogP contribution is 2.39. The molecule has 2 heterocycles. The number of ether oxygens (including phenoxy) is 1. The van der Waals surface area contributed by atoms with Crippen LogP contribution in [0.25, 0.3) is 0 Å². The molecular weight excluding hydrogens is 350 g/mol. The largest absolute Gasteiger partial charge is 0.497 e. The molecule has 0 aliphatic carbocycles. The SMILES string of the molecule is COc1ccc(CN2c3ccccc3Nc3ncccc3S2(=O)=O)cc1. The lowest BCUT2D eigenvalue weighted by Crippen LogP contribution is -2.30. The molecule has 2 aromatic carbocycles. The van der Waals surface area contributed by atoms with E-state index in [9.17, 15) is 8.42 Å². The van der Waals surface area contributed by atoms with E-state index in [-0.39, 0.29) is 11.4 Å². The molecule has 0 bridgehead atoms. The van der Waals surface area contributed by atoms with Crippen LogP contribution in [0.5, 0.6) is 5.75 Å². The topological polar surface area (TPSA) is 71.5 Å². The molecule has 0 unspecified atom stereocenters. The minimum absolute atomic E-state index is 0.157. The van der Waals surface area contributed by atoms with Gasteiger partial charge in [-0.3, -0.25) is 4.31 Å². The third-order valence-corrected chi connectivity index (χ3v) is 6.04. The van der Waals surface area contributed by atoms with Gasteiger partial charge in [0.25, 0.3) is 10.0 Å². The molecule has 0 spiro atoms. The van der Waals surface area contributed by atoms with Crippen LogP contribution in [0.4, 0.5) is 17.2 Å². The maximum absolute atomic E-state index is 13.3. The van der Waals surface area contributed by atoms with E-state index in [0.29, 0.717) is 17.2 Å². The summed E-state index contributed by atoms with van der Waals surface area (Å²) < 4.78 is 33.3. The average molecular weight is 367 g/mol. The van der Waals surface area contributed by atoms with Crippen LogP contribution in [-0.2, 0) is 16.6 Å². The lowest BCUT2D eigenvalue weighted by Gasteiger charge is -2.24. The summed E-state index contributed by atoms with van der Waals surface area (Å²) in [5, 5.41) is 3.14. The fourth-order valence-electron chi connectivity index (χ4n) is 2.93. The highest BCUT2D eigenvalue weighted by atomic mass is 32.2. The number of rotatable bonds is 3. The Morgan fingerprint density at radius 1 is 1.04 bits per heavy atom. The van der Waals surface area contributed by atoms with Gasteiger partial charge in [0.15, 0.2) is 5.82 Å². The van der Waals surface area contributed by atoms with Crippen LogP contribution in [0.1, 0.15) is 5.56 Å². The number of aromatic nitrogens is 1. The van der Waals surface area contributed by atoms with Crippen LogP contribution in [0.2, 0.25) is 0 Å². The average Bonchev–Trinajstić information content (AvgIpc) is 2.76. The predicted molar refractivity (Wildman–Crippen MR) is 100 cm³/mol. The highest BCUT2D eigenvalue weighted by molar-refractivity contribution is 7.93. The Kier molecular flexibility index (Phi) is 4.00. The van der Waals surface area contributed by atoms with Gasteiger partial charge in [0.05, 0.1) is 25.0 Å². The van der Waals surface area contributed by atoms with Gasteiger partial charge in [-0.05, 0) is 42.0 Å². The maximum atomic E-state index is 13.3. The second kappa shape index (κ2) is 6.34.